The molecule has 1 saturated heterocycles. The molecule has 0 spiro atoms. The summed E-state index contributed by atoms with van der Waals surface area (Å²) in [5.74, 6) is -1.09. The zero-order chi connectivity index (χ0) is 19.4. The van der Waals surface area contributed by atoms with Crippen molar-refractivity contribution in [3.05, 3.63) is 59.4 Å². The molecule has 2 N–H and O–H groups in total. The fourth-order valence-corrected chi connectivity index (χ4v) is 4.39. The minimum absolute atomic E-state index is 0.0257. The van der Waals surface area contributed by atoms with Crippen LogP contribution in [0.4, 0.5) is 5.69 Å². The number of aromatic nitrogens is 1. The molecule has 2 amide bonds. The summed E-state index contributed by atoms with van der Waals surface area (Å²) < 4.78 is 23.0. The molecule has 1 aliphatic heterocycles. The van der Waals surface area contributed by atoms with Crippen LogP contribution in [0.25, 0.3) is 0 Å². The first-order valence-electron chi connectivity index (χ1n) is 8.16. The summed E-state index contributed by atoms with van der Waals surface area (Å²) in [5, 5.41) is 14.2. The second-order valence-electron chi connectivity index (χ2n) is 6.13. The zero-order valence-corrected chi connectivity index (χ0v) is 15.0. The zero-order valence-electron chi connectivity index (χ0n) is 14.2. The van der Waals surface area contributed by atoms with Gasteiger partial charge in [0.05, 0.1) is 23.1 Å². The third-order valence-electron chi connectivity index (χ3n) is 4.03. The highest BCUT2D eigenvalue weighted by molar-refractivity contribution is 7.91. The van der Waals surface area contributed by atoms with Crippen molar-refractivity contribution < 1.29 is 18.0 Å². The van der Waals surface area contributed by atoms with E-state index in [-0.39, 0.29) is 22.9 Å². The van der Waals surface area contributed by atoms with Gasteiger partial charge in [0.2, 0.25) is 0 Å². The van der Waals surface area contributed by atoms with Crippen LogP contribution in [-0.2, 0) is 9.84 Å². The molecule has 1 atom stereocenters. The lowest BCUT2D eigenvalue weighted by Gasteiger charge is -2.11. The lowest BCUT2D eigenvalue weighted by Crippen LogP contribution is -2.36. The number of nitriles is 1. The Morgan fingerprint density at radius 1 is 1.11 bits per heavy atom. The molecular formula is C18H16N4O4S. The molecular weight excluding hydrogens is 368 g/mol. The number of anilines is 1. The van der Waals surface area contributed by atoms with Gasteiger partial charge in [0.25, 0.3) is 11.8 Å². The molecule has 27 heavy (non-hydrogen) atoms. The molecule has 1 aromatic heterocycles. The van der Waals surface area contributed by atoms with Crippen LogP contribution in [0.5, 0.6) is 0 Å². The lowest BCUT2D eigenvalue weighted by molar-refractivity contribution is 0.0936. The van der Waals surface area contributed by atoms with E-state index in [4.69, 9.17) is 5.26 Å². The Bertz CT molecular complexity index is 1040. The second kappa shape index (κ2) is 7.55. The van der Waals surface area contributed by atoms with E-state index in [0.29, 0.717) is 17.7 Å². The highest BCUT2D eigenvalue weighted by Crippen LogP contribution is 2.13. The first-order chi connectivity index (χ1) is 12.9. The molecule has 0 saturated carbocycles. The predicted octanol–water partition coefficient (Wildman–Crippen LogP) is 1.12. The van der Waals surface area contributed by atoms with Crippen molar-refractivity contribution in [2.45, 2.75) is 12.5 Å². The van der Waals surface area contributed by atoms with Crippen LogP contribution in [0, 0.1) is 11.3 Å². The first kappa shape index (κ1) is 18.5. The Balaban J connectivity index is 1.70. The van der Waals surface area contributed by atoms with Gasteiger partial charge < -0.3 is 10.6 Å². The third-order valence-corrected chi connectivity index (χ3v) is 5.80. The number of pyridine rings is 1. The number of carbonyl (C=O) groups is 2. The normalized spacial score (nSPS) is 17.7. The number of nitrogens with zero attached hydrogens (tertiary/aromatic N) is 2. The molecule has 0 radical (unpaired) electrons. The minimum atomic E-state index is -3.11. The Hall–Kier alpha value is -3.25. The van der Waals surface area contributed by atoms with Crippen LogP contribution in [0.3, 0.4) is 0 Å². The van der Waals surface area contributed by atoms with Gasteiger partial charge in [-0.1, -0.05) is 12.1 Å². The molecule has 138 valence electrons. The Morgan fingerprint density at radius 2 is 1.81 bits per heavy atom. The maximum absolute atomic E-state index is 12.4. The van der Waals surface area contributed by atoms with Gasteiger partial charge in [-0.3, -0.25) is 9.59 Å². The van der Waals surface area contributed by atoms with Crippen molar-refractivity contribution in [3.63, 3.8) is 0 Å². The highest BCUT2D eigenvalue weighted by Gasteiger charge is 2.29. The maximum atomic E-state index is 12.4. The Morgan fingerprint density at radius 3 is 2.48 bits per heavy atom. The number of rotatable bonds is 4. The van der Waals surface area contributed by atoms with Gasteiger partial charge in [-0.2, -0.15) is 5.26 Å². The molecule has 1 aromatic carbocycles. The number of carbonyl (C=O) groups excluding carboxylic acids is 2. The standard InChI is InChI=1S/C18H16N4O4S/c19-10-12-3-1-4-13(9-12)20-17(23)15-5-2-6-16(22-15)18(24)21-14-7-8-27(25,26)11-14/h1-6,9,14H,7-8,11H2,(H,20,23)(H,21,24). The van der Waals surface area contributed by atoms with E-state index < -0.39 is 27.7 Å². The molecule has 2 aromatic rings. The van der Waals surface area contributed by atoms with Crippen LogP contribution >= 0.6 is 0 Å². The number of nitrogens with one attached hydrogen (secondary N) is 2. The quantitative estimate of drug-likeness (QED) is 0.813. The number of hydrogen-bond donors (Lipinski definition) is 2. The molecule has 3 rings (SSSR count). The SMILES string of the molecule is N#Cc1cccc(NC(=O)c2cccc(C(=O)NC3CCS(=O)(=O)C3)n2)c1. The maximum Gasteiger partial charge on any atom is 0.274 e. The summed E-state index contributed by atoms with van der Waals surface area (Å²) in [7, 11) is -3.11. The van der Waals surface area contributed by atoms with Gasteiger partial charge in [-0.25, -0.2) is 13.4 Å². The van der Waals surface area contributed by atoms with Gasteiger partial charge >= 0.3 is 0 Å². The number of benzene rings is 1. The summed E-state index contributed by atoms with van der Waals surface area (Å²) >= 11 is 0. The summed E-state index contributed by atoms with van der Waals surface area (Å²) in [5.41, 5.74) is 0.897. The first-order valence-corrected chi connectivity index (χ1v) is 9.98. The van der Waals surface area contributed by atoms with Gasteiger partial charge in [0, 0.05) is 11.7 Å². The van der Waals surface area contributed by atoms with Crippen LogP contribution in [0.2, 0.25) is 0 Å². The van der Waals surface area contributed by atoms with Crippen LogP contribution < -0.4 is 10.6 Å². The number of sulfone groups is 1. The van der Waals surface area contributed by atoms with Crippen molar-refractivity contribution in [1.29, 1.82) is 5.26 Å². The molecule has 1 unspecified atom stereocenters. The topological polar surface area (TPSA) is 129 Å². The van der Waals surface area contributed by atoms with E-state index >= 15 is 0 Å². The van der Waals surface area contributed by atoms with E-state index in [9.17, 15) is 18.0 Å². The summed E-state index contributed by atoms with van der Waals surface area (Å²) in [6.45, 7) is 0. The van der Waals surface area contributed by atoms with E-state index in [2.05, 4.69) is 15.6 Å². The smallest absolute Gasteiger partial charge is 0.274 e. The average Bonchev–Trinajstić information content (AvgIpc) is 3.00. The second-order valence-corrected chi connectivity index (χ2v) is 8.36. The number of amides is 2. The minimum Gasteiger partial charge on any atom is -0.347 e. The van der Waals surface area contributed by atoms with Crippen molar-refractivity contribution in [2.24, 2.45) is 0 Å². The van der Waals surface area contributed by atoms with E-state index in [0.717, 1.165) is 0 Å². The molecule has 1 aliphatic rings. The van der Waals surface area contributed by atoms with Crippen molar-refractivity contribution >= 4 is 27.3 Å². The fourth-order valence-electron chi connectivity index (χ4n) is 2.72. The van der Waals surface area contributed by atoms with Crippen molar-refractivity contribution in [3.8, 4) is 6.07 Å². The fraction of sp³-hybridized carbons (Fsp3) is 0.222. The van der Waals surface area contributed by atoms with Gasteiger partial charge in [-0.15, -0.1) is 0 Å². The van der Waals surface area contributed by atoms with Crippen molar-refractivity contribution in [2.75, 3.05) is 16.8 Å². The van der Waals surface area contributed by atoms with Gasteiger partial charge in [0.15, 0.2) is 9.84 Å². The summed E-state index contributed by atoms with van der Waals surface area (Å²) in [6, 6.07) is 12.4. The predicted molar refractivity (Wildman–Crippen MR) is 97.9 cm³/mol. The third kappa shape index (κ3) is 4.68. The van der Waals surface area contributed by atoms with Crippen LogP contribution in [0.1, 0.15) is 33.0 Å². The highest BCUT2D eigenvalue weighted by atomic mass is 32.2. The van der Waals surface area contributed by atoms with Crippen LogP contribution in [0.15, 0.2) is 42.5 Å². The molecule has 2 heterocycles. The summed E-state index contributed by atoms with van der Waals surface area (Å²) in [6.07, 6.45) is 0.365. The van der Waals surface area contributed by atoms with Gasteiger partial charge in [0.1, 0.15) is 11.4 Å². The lowest BCUT2D eigenvalue weighted by atomic mass is 10.2. The van der Waals surface area contributed by atoms with E-state index in [1.54, 1.807) is 18.2 Å². The van der Waals surface area contributed by atoms with Crippen LogP contribution in [-0.4, -0.2) is 42.8 Å². The van der Waals surface area contributed by atoms with E-state index in [1.165, 1.54) is 24.3 Å². The molecule has 8 nitrogen and oxygen atoms in total. The molecule has 9 heteroatoms. The monoisotopic (exact) mass is 384 g/mol. The molecule has 0 bridgehead atoms. The average molecular weight is 384 g/mol. The van der Waals surface area contributed by atoms with Gasteiger partial charge in [-0.05, 0) is 36.8 Å². The Kier molecular flexibility index (Phi) is 5.19. The van der Waals surface area contributed by atoms with E-state index in [1.807, 2.05) is 6.07 Å². The van der Waals surface area contributed by atoms with Crippen molar-refractivity contribution in [1.82, 2.24) is 10.3 Å². The number of hydrogen-bond acceptors (Lipinski definition) is 6. The largest absolute Gasteiger partial charge is 0.347 e. The summed E-state index contributed by atoms with van der Waals surface area (Å²) in [4.78, 5) is 28.7. The molecule has 0 aliphatic carbocycles. The molecule has 1 fully saturated rings. The Labute approximate surface area is 156 Å².